The Morgan fingerprint density at radius 3 is 2.50 bits per heavy atom. The summed E-state index contributed by atoms with van der Waals surface area (Å²) in [6.45, 7) is 1.70. The number of carbonyl (C=O) groups is 2. The van der Waals surface area contributed by atoms with Gasteiger partial charge in [-0.15, -0.1) is 0 Å². The molecule has 1 N–H and O–H groups in total. The van der Waals surface area contributed by atoms with Gasteiger partial charge in [-0.3, -0.25) is 0 Å². The van der Waals surface area contributed by atoms with Crippen LogP contribution in [0.2, 0.25) is 0 Å². The van der Waals surface area contributed by atoms with E-state index >= 15 is 0 Å². The molecule has 0 radical (unpaired) electrons. The molecule has 0 unspecified atom stereocenters. The first-order valence-corrected chi connectivity index (χ1v) is 2.88. The minimum absolute atomic E-state index is 0.128. The van der Waals surface area contributed by atoms with Crippen LogP contribution in [0.4, 0.5) is 9.59 Å². The summed E-state index contributed by atoms with van der Waals surface area (Å²) >= 11 is 3.31. The molecule has 0 aliphatic rings. The smallest absolute Gasteiger partial charge is 0.429 e. The Hall–Kier alpha value is -0.910. The van der Waals surface area contributed by atoms with Gasteiger partial charge in [0, 0.05) is 0 Å². The molecule has 0 aromatic rings. The van der Waals surface area contributed by atoms with Crippen molar-refractivity contribution in [1.82, 2.24) is 4.31 Å². The topological polar surface area (TPSA) is 66.8 Å². The molecule has 0 fully saturated rings. The Kier molecular flexibility index (Phi) is 3.63. The number of imide groups is 1. The lowest BCUT2D eigenvalue weighted by Gasteiger charge is -2.07. The van der Waals surface area contributed by atoms with Crippen molar-refractivity contribution in [1.29, 1.82) is 0 Å². The number of nitrogens with zero attached hydrogens (tertiary/aromatic N) is 1. The summed E-state index contributed by atoms with van der Waals surface area (Å²) < 4.78 is 4.46. The molecular formula is C4H7NO4S. The molecule has 0 bridgehead atoms. The van der Waals surface area contributed by atoms with Crippen LogP contribution in [-0.2, 0) is 4.74 Å². The van der Waals surface area contributed by atoms with Crippen molar-refractivity contribution in [2.45, 2.75) is 6.92 Å². The van der Waals surface area contributed by atoms with Crippen molar-refractivity contribution in [3.8, 4) is 0 Å². The highest BCUT2D eigenvalue weighted by molar-refractivity contribution is 7.79. The van der Waals surface area contributed by atoms with Gasteiger partial charge in [0.25, 0.3) is 0 Å². The molecule has 0 heterocycles. The normalized spacial score (nSPS) is 8.60. The fraction of sp³-hybridized carbons (Fsp3) is 0.500. The van der Waals surface area contributed by atoms with E-state index in [0.717, 1.165) is 0 Å². The summed E-state index contributed by atoms with van der Waals surface area (Å²) in [7, 11) is 0. The van der Waals surface area contributed by atoms with Crippen molar-refractivity contribution in [3.05, 3.63) is 0 Å². The number of ether oxygens (including phenoxy) is 1. The largest absolute Gasteiger partial charge is 0.464 e. The molecule has 0 rings (SSSR count). The minimum atomic E-state index is -1.46. The summed E-state index contributed by atoms with van der Waals surface area (Å²) in [6.07, 6.45) is -2.44. The molecule has 0 saturated heterocycles. The molecule has 0 aliphatic heterocycles. The molecule has 0 aliphatic carbocycles. The van der Waals surface area contributed by atoms with Crippen LogP contribution in [0, 0.1) is 0 Å². The van der Waals surface area contributed by atoms with Gasteiger partial charge in [0.2, 0.25) is 0 Å². The van der Waals surface area contributed by atoms with E-state index in [9.17, 15) is 9.59 Å². The Morgan fingerprint density at radius 2 is 2.20 bits per heavy atom. The van der Waals surface area contributed by atoms with E-state index in [1.165, 1.54) is 0 Å². The summed E-state index contributed by atoms with van der Waals surface area (Å²) in [5.41, 5.74) is 0. The van der Waals surface area contributed by atoms with Crippen molar-refractivity contribution in [2.75, 3.05) is 6.61 Å². The number of rotatable bonds is 1. The van der Waals surface area contributed by atoms with Crippen LogP contribution in [0.15, 0.2) is 0 Å². The predicted octanol–water partition coefficient (Wildman–Crippen LogP) is 0.968. The average Bonchev–Trinajstić information content (AvgIpc) is 1.87. The van der Waals surface area contributed by atoms with Crippen LogP contribution in [0.1, 0.15) is 6.92 Å². The Bertz CT molecular complexity index is 148. The molecule has 0 aromatic heterocycles. The zero-order valence-electron chi connectivity index (χ0n) is 5.27. The second-order valence-corrected chi connectivity index (χ2v) is 1.69. The van der Waals surface area contributed by atoms with Gasteiger partial charge in [-0.1, -0.05) is 0 Å². The highest BCUT2D eigenvalue weighted by atomic mass is 32.1. The summed E-state index contributed by atoms with van der Waals surface area (Å²) in [6, 6.07) is 0. The van der Waals surface area contributed by atoms with Crippen LogP contribution in [-0.4, -0.2) is 28.2 Å². The van der Waals surface area contributed by atoms with E-state index in [4.69, 9.17) is 5.11 Å². The highest BCUT2D eigenvalue weighted by Crippen LogP contribution is 1.97. The molecule has 6 heteroatoms. The second kappa shape index (κ2) is 3.99. The molecule has 0 atom stereocenters. The SMILES string of the molecule is CCOC(=O)N(S)C(=O)O. The van der Waals surface area contributed by atoms with Gasteiger partial charge in [-0.25, -0.2) is 9.59 Å². The van der Waals surface area contributed by atoms with Crippen molar-refractivity contribution in [2.24, 2.45) is 0 Å². The number of hydrogen-bond acceptors (Lipinski definition) is 4. The van der Waals surface area contributed by atoms with E-state index < -0.39 is 12.2 Å². The fourth-order valence-corrected chi connectivity index (χ4v) is 0.320. The molecule has 0 spiro atoms. The predicted molar refractivity (Wildman–Crippen MR) is 35.9 cm³/mol. The lowest BCUT2D eigenvalue weighted by Crippen LogP contribution is -2.27. The van der Waals surface area contributed by atoms with Gasteiger partial charge in [0.15, 0.2) is 0 Å². The lowest BCUT2D eigenvalue weighted by atomic mass is 10.9. The van der Waals surface area contributed by atoms with Crippen LogP contribution in [0.3, 0.4) is 0 Å². The van der Waals surface area contributed by atoms with Gasteiger partial charge in [0.1, 0.15) is 0 Å². The molecule has 2 amide bonds. The van der Waals surface area contributed by atoms with Crippen LogP contribution in [0.25, 0.3) is 0 Å². The first-order valence-electron chi connectivity index (χ1n) is 2.48. The quantitative estimate of drug-likeness (QED) is 0.568. The third kappa shape index (κ3) is 2.58. The number of thiol groups is 1. The van der Waals surface area contributed by atoms with Gasteiger partial charge < -0.3 is 9.84 Å². The highest BCUT2D eigenvalue weighted by Gasteiger charge is 2.16. The number of amides is 2. The van der Waals surface area contributed by atoms with Gasteiger partial charge >= 0.3 is 12.2 Å². The maximum atomic E-state index is 10.4. The van der Waals surface area contributed by atoms with Crippen molar-refractivity contribution in [3.63, 3.8) is 0 Å². The Morgan fingerprint density at radius 1 is 1.70 bits per heavy atom. The number of carbonyl (C=O) groups excluding carboxylic acids is 1. The summed E-state index contributed by atoms with van der Waals surface area (Å²) in [4.78, 5) is 20.4. The van der Waals surface area contributed by atoms with Crippen molar-refractivity contribution >= 4 is 25.0 Å². The summed E-state index contributed by atoms with van der Waals surface area (Å²) in [5.74, 6) is 0. The molecule has 0 aromatic carbocycles. The third-order valence-electron chi connectivity index (χ3n) is 0.622. The third-order valence-corrected chi connectivity index (χ3v) is 0.956. The summed E-state index contributed by atoms with van der Waals surface area (Å²) in [5, 5.41) is 8.13. The van der Waals surface area contributed by atoms with Gasteiger partial charge in [0.05, 0.1) is 6.61 Å². The minimum Gasteiger partial charge on any atom is -0.464 e. The van der Waals surface area contributed by atoms with E-state index in [-0.39, 0.29) is 10.9 Å². The maximum Gasteiger partial charge on any atom is 0.429 e. The van der Waals surface area contributed by atoms with E-state index in [1.807, 2.05) is 0 Å². The lowest BCUT2D eigenvalue weighted by molar-refractivity contribution is 0.124. The van der Waals surface area contributed by atoms with E-state index in [2.05, 4.69) is 17.6 Å². The molecule has 5 nitrogen and oxygen atoms in total. The molecule has 10 heavy (non-hydrogen) atoms. The average molecular weight is 165 g/mol. The number of hydrogen-bond donors (Lipinski definition) is 2. The van der Waals surface area contributed by atoms with Crippen LogP contribution in [0.5, 0.6) is 0 Å². The van der Waals surface area contributed by atoms with Crippen LogP contribution < -0.4 is 0 Å². The number of carboxylic acid groups (broad SMARTS) is 1. The van der Waals surface area contributed by atoms with E-state index in [0.29, 0.717) is 0 Å². The maximum absolute atomic E-state index is 10.4. The monoisotopic (exact) mass is 165 g/mol. The Balaban J connectivity index is 3.82. The molecule has 58 valence electrons. The zero-order valence-corrected chi connectivity index (χ0v) is 6.17. The van der Waals surface area contributed by atoms with Crippen molar-refractivity contribution < 1.29 is 19.4 Å². The first-order chi connectivity index (χ1) is 4.59. The van der Waals surface area contributed by atoms with Crippen LogP contribution >= 0.6 is 12.8 Å². The standard InChI is InChI=1S/C4H7NO4S/c1-2-9-4(8)5(10)3(6)7/h10H,2H2,1H3,(H,6,7). The second-order valence-electron chi connectivity index (χ2n) is 1.29. The van der Waals surface area contributed by atoms with Gasteiger partial charge in [-0.2, -0.15) is 4.31 Å². The first kappa shape index (κ1) is 9.09. The zero-order chi connectivity index (χ0) is 8.15. The Labute approximate surface area is 63.1 Å². The molecule has 0 saturated carbocycles. The van der Waals surface area contributed by atoms with Gasteiger partial charge in [-0.05, 0) is 19.7 Å². The van der Waals surface area contributed by atoms with E-state index in [1.54, 1.807) is 6.92 Å². The molecular weight excluding hydrogens is 158 g/mol. The fourth-order valence-electron chi connectivity index (χ4n) is 0.263.